The highest BCUT2D eigenvalue weighted by Crippen LogP contribution is 2.56. The molecule has 5 aromatic rings. The van der Waals surface area contributed by atoms with Crippen LogP contribution in [0.25, 0.3) is 21.9 Å². The number of hydrogen-bond acceptors (Lipinski definition) is 5. The predicted molar refractivity (Wildman–Crippen MR) is 140 cm³/mol. The standard InChI is InChI=1S/C31H16N2O4/c32-17-18-12-14-26-23(16-18)28(21-8-3-4-11-25(21)36-26)30-22-9-5-10-24(33(34)35)31(22)37-27-15-13-19-6-1-2-7-20(19)29(27)30/h1-16H/b30-28+. The van der Waals surface area contributed by atoms with Gasteiger partial charge in [0, 0.05) is 39.5 Å². The lowest BCUT2D eigenvalue weighted by atomic mass is 9.80. The topological polar surface area (TPSA) is 85.4 Å². The fourth-order valence-corrected chi connectivity index (χ4v) is 5.25. The van der Waals surface area contributed by atoms with Crippen LogP contribution in [-0.4, -0.2) is 4.92 Å². The van der Waals surface area contributed by atoms with E-state index in [0.717, 1.165) is 38.6 Å². The molecule has 37 heavy (non-hydrogen) atoms. The SMILES string of the molecule is N#Cc1ccc2c(c1)/C(=C1\c3cccc([N+](=O)[O-])c3Oc3ccc4ccccc4c31)c1ccccc1O2. The molecule has 0 saturated carbocycles. The minimum Gasteiger partial charge on any atom is -0.456 e. The Kier molecular flexibility index (Phi) is 4.41. The van der Waals surface area contributed by atoms with Crippen LogP contribution >= 0.6 is 0 Å². The number of nitrogens with zero attached hydrogens (tertiary/aromatic N) is 2. The Hall–Kier alpha value is -5.41. The number of benzene rings is 5. The first-order valence-corrected chi connectivity index (χ1v) is 11.7. The van der Waals surface area contributed by atoms with Crippen LogP contribution in [0.4, 0.5) is 5.69 Å². The van der Waals surface area contributed by atoms with E-state index in [-0.39, 0.29) is 11.4 Å². The molecule has 0 fully saturated rings. The number of rotatable bonds is 1. The maximum absolute atomic E-state index is 12.0. The third kappa shape index (κ3) is 3.05. The van der Waals surface area contributed by atoms with Crippen molar-refractivity contribution in [2.24, 2.45) is 0 Å². The minimum absolute atomic E-state index is 0.110. The molecule has 2 aliphatic heterocycles. The van der Waals surface area contributed by atoms with Crippen molar-refractivity contribution in [1.82, 2.24) is 0 Å². The maximum Gasteiger partial charge on any atom is 0.312 e. The van der Waals surface area contributed by atoms with Gasteiger partial charge >= 0.3 is 5.69 Å². The second-order valence-corrected chi connectivity index (χ2v) is 8.84. The van der Waals surface area contributed by atoms with Gasteiger partial charge in [0.05, 0.1) is 16.6 Å². The molecule has 0 atom stereocenters. The summed E-state index contributed by atoms with van der Waals surface area (Å²) in [5.41, 5.74) is 5.03. The van der Waals surface area contributed by atoms with E-state index in [2.05, 4.69) is 6.07 Å². The molecule has 0 N–H and O–H groups in total. The lowest BCUT2D eigenvalue weighted by Crippen LogP contribution is -2.11. The van der Waals surface area contributed by atoms with Crippen molar-refractivity contribution >= 4 is 27.6 Å². The molecule has 0 radical (unpaired) electrons. The molecule has 0 spiro atoms. The van der Waals surface area contributed by atoms with Gasteiger partial charge in [0.25, 0.3) is 0 Å². The fraction of sp³-hybridized carbons (Fsp3) is 0. The molecule has 2 aliphatic rings. The van der Waals surface area contributed by atoms with Gasteiger partial charge in [0.2, 0.25) is 5.75 Å². The summed E-state index contributed by atoms with van der Waals surface area (Å²) in [6, 6.07) is 32.0. The number of hydrogen-bond donors (Lipinski definition) is 0. The van der Waals surface area contributed by atoms with E-state index in [9.17, 15) is 15.4 Å². The minimum atomic E-state index is -0.424. The number of para-hydroxylation sites is 2. The highest BCUT2D eigenvalue weighted by Gasteiger charge is 2.35. The predicted octanol–water partition coefficient (Wildman–Crippen LogP) is 7.84. The van der Waals surface area contributed by atoms with E-state index in [1.165, 1.54) is 6.07 Å². The monoisotopic (exact) mass is 480 g/mol. The molecule has 0 bridgehead atoms. The quantitative estimate of drug-likeness (QED) is 0.176. The highest BCUT2D eigenvalue weighted by molar-refractivity contribution is 6.15. The molecule has 5 aromatic carbocycles. The molecule has 6 nitrogen and oxygen atoms in total. The lowest BCUT2D eigenvalue weighted by molar-refractivity contribution is -0.385. The summed E-state index contributed by atoms with van der Waals surface area (Å²) in [4.78, 5) is 11.6. The molecule has 0 saturated heterocycles. The first kappa shape index (κ1) is 20.9. The van der Waals surface area contributed by atoms with Gasteiger partial charge < -0.3 is 9.47 Å². The summed E-state index contributed by atoms with van der Waals surface area (Å²) in [5, 5.41) is 23.7. The van der Waals surface area contributed by atoms with E-state index in [0.29, 0.717) is 28.4 Å². The summed E-state index contributed by atoms with van der Waals surface area (Å²) < 4.78 is 12.5. The normalized spacial score (nSPS) is 14.8. The first-order valence-electron chi connectivity index (χ1n) is 11.7. The molecule has 6 heteroatoms. The number of fused-ring (bicyclic) bond motifs is 6. The maximum atomic E-state index is 12.0. The van der Waals surface area contributed by atoms with Gasteiger partial charge in [0.15, 0.2) is 0 Å². The molecular weight excluding hydrogens is 464 g/mol. The summed E-state index contributed by atoms with van der Waals surface area (Å²) in [6.07, 6.45) is 0. The Morgan fingerprint density at radius 1 is 0.703 bits per heavy atom. The zero-order valence-corrected chi connectivity index (χ0v) is 19.3. The Bertz CT molecular complexity index is 1880. The largest absolute Gasteiger partial charge is 0.456 e. The third-order valence-corrected chi connectivity index (χ3v) is 6.82. The van der Waals surface area contributed by atoms with Gasteiger partial charge in [0.1, 0.15) is 17.2 Å². The van der Waals surface area contributed by atoms with Crippen LogP contribution in [0.5, 0.6) is 23.0 Å². The van der Waals surface area contributed by atoms with Crippen LogP contribution in [0.15, 0.2) is 97.1 Å². The van der Waals surface area contributed by atoms with E-state index in [4.69, 9.17) is 9.47 Å². The molecular formula is C31H16N2O4. The zero-order valence-electron chi connectivity index (χ0n) is 19.3. The van der Waals surface area contributed by atoms with Gasteiger partial charge in [-0.05, 0) is 41.1 Å². The van der Waals surface area contributed by atoms with Crippen LogP contribution in [0.3, 0.4) is 0 Å². The van der Waals surface area contributed by atoms with Gasteiger partial charge in [-0.3, -0.25) is 10.1 Å². The van der Waals surface area contributed by atoms with Crippen molar-refractivity contribution in [3.63, 3.8) is 0 Å². The van der Waals surface area contributed by atoms with E-state index < -0.39 is 4.92 Å². The van der Waals surface area contributed by atoms with E-state index in [1.54, 1.807) is 18.2 Å². The smallest absolute Gasteiger partial charge is 0.312 e. The summed E-state index contributed by atoms with van der Waals surface area (Å²) in [6.45, 7) is 0. The van der Waals surface area contributed by atoms with Crippen LogP contribution in [0.1, 0.15) is 27.8 Å². The Labute approximate surface area is 211 Å². The Morgan fingerprint density at radius 2 is 1.46 bits per heavy atom. The van der Waals surface area contributed by atoms with Crippen molar-refractivity contribution in [2.45, 2.75) is 0 Å². The van der Waals surface area contributed by atoms with Crippen LogP contribution in [-0.2, 0) is 0 Å². The van der Waals surface area contributed by atoms with Crippen LogP contribution < -0.4 is 9.47 Å². The van der Waals surface area contributed by atoms with Gasteiger partial charge in [-0.1, -0.05) is 60.7 Å². The molecule has 0 aromatic heterocycles. The fourth-order valence-electron chi connectivity index (χ4n) is 5.25. The van der Waals surface area contributed by atoms with Gasteiger partial charge in [-0.15, -0.1) is 0 Å². The summed E-state index contributed by atoms with van der Waals surface area (Å²) in [5.74, 6) is 2.01. The van der Waals surface area contributed by atoms with Crippen molar-refractivity contribution in [3.8, 4) is 29.1 Å². The lowest BCUT2D eigenvalue weighted by Gasteiger charge is -2.30. The summed E-state index contributed by atoms with van der Waals surface area (Å²) >= 11 is 0. The van der Waals surface area contributed by atoms with Crippen LogP contribution in [0.2, 0.25) is 0 Å². The molecule has 0 aliphatic carbocycles. The van der Waals surface area contributed by atoms with Crippen molar-refractivity contribution in [1.29, 1.82) is 5.26 Å². The Balaban J connectivity index is 1.72. The molecule has 0 unspecified atom stereocenters. The van der Waals surface area contributed by atoms with Crippen LogP contribution in [0, 0.1) is 21.4 Å². The summed E-state index contributed by atoms with van der Waals surface area (Å²) in [7, 11) is 0. The number of nitriles is 1. The average Bonchev–Trinajstić information content (AvgIpc) is 2.94. The number of nitro benzene ring substituents is 1. The van der Waals surface area contributed by atoms with Crippen molar-refractivity contribution in [2.75, 3.05) is 0 Å². The van der Waals surface area contributed by atoms with Gasteiger partial charge in [-0.2, -0.15) is 5.26 Å². The first-order chi connectivity index (χ1) is 18.1. The second kappa shape index (κ2) is 7.80. The van der Waals surface area contributed by atoms with Gasteiger partial charge in [-0.25, -0.2) is 0 Å². The highest BCUT2D eigenvalue weighted by atomic mass is 16.6. The van der Waals surface area contributed by atoms with E-state index in [1.807, 2.05) is 72.8 Å². The molecule has 2 heterocycles. The third-order valence-electron chi connectivity index (χ3n) is 6.82. The van der Waals surface area contributed by atoms with Crippen molar-refractivity contribution in [3.05, 3.63) is 135 Å². The average molecular weight is 480 g/mol. The Morgan fingerprint density at radius 3 is 2.32 bits per heavy atom. The molecule has 0 amide bonds. The second-order valence-electron chi connectivity index (χ2n) is 8.84. The van der Waals surface area contributed by atoms with E-state index >= 15 is 0 Å². The number of ether oxygens (including phenoxy) is 2. The number of nitro groups is 1. The molecule has 174 valence electrons. The zero-order chi connectivity index (χ0) is 25.1. The molecule has 7 rings (SSSR count). The van der Waals surface area contributed by atoms with Crippen molar-refractivity contribution < 1.29 is 14.4 Å².